The molecule has 2 aliphatic rings. The van der Waals surface area contributed by atoms with Crippen molar-refractivity contribution < 1.29 is 8.78 Å². The predicted molar refractivity (Wildman–Crippen MR) is 123 cm³/mol. The van der Waals surface area contributed by atoms with Crippen LogP contribution in [0.4, 0.5) is 26.0 Å². The number of pyridine rings is 1. The summed E-state index contributed by atoms with van der Waals surface area (Å²) in [6.07, 6.45) is 1.20. The van der Waals surface area contributed by atoms with Gasteiger partial charge < -0.3 is 10.2 Å². The molecule has 2 atom stereocenters. The minimum atomic E-state index is -0.680. The number of H-pyrrole nitrogens is 1. The van der Waals surface area contributed by atoms with Gasteiger partial charge in [0.1, 0.15) is 29.0 Å². The maximum absolute atomic E-state index is 14.6. The highest BCUT2D eigenvalue weighted by atomic mass is 19.1. The van der Waals surface area contributed by atoms with Gasteiger partial charge in [-0.1, -0.05) is 19.9 Å². The average Bonchev–Trinajstić information content (AvgIpc) is 2.99. The van der Waals surface area contributed by atoms with Gasteiger partial charge in [0.25, 0.3) is 0 Å². The Morgan fingerprint density at radius 3 is 2.44 bits per heavy atom. The Balaban J connectivity index is 1.70. The third-order valence-electron chi connectivity index (χ3n) is 6.22. The van der Waals surface area contributed by atoms with Crippen molar-refractivity contribution in [2.45, 2.75) is 34.1 Å². The third kappa shape index (κ3) is 3.43. The van der Waals surface area contributed by atoms with E-state index in [1.54, 1.807) is 0 Å². The molecule has 0 bridgehead atoms. The Kier molecular flexibility index (Phi) is 4.95. The number of hydrogen-bond acceptors (Lipinski definition) is 5. The summed E-state index contributed by atoms with van der Waals surface area (Å²) < 4.78 is 29.2. The number of aromatic amines is 1. The maximum atomic E-state index is 14.6. The molecule has 0 radical (unpaired) electrons. The van der Waals surface area contributed by atoms with E-state index >= 15 is 0 Å². The number of rotatable bonds is 2. The second kappa shape index (κ2) is 7.69. The Morgan fingerprint density at radius 2 is 1.75 bits per heavy atom. The molecule has 1 aromatic carbocycles. The molecular weight excluding hydrogens is 410 g/mol. The summed E-state index contributed by atoms with van der Waals surface area (Å²) in [6, 6.07) is 5.79. The molecule has 2 aliphatic heterocycles. The number of nitrogens with one attached hydrogen (secondary N) is 2. The zero-order valence-electron chi connectivity index (χ0n) is 18.6. The highest BCUT2D eigenvalue weighted by Crippen LogP contribution is 2.42. The van der Waals surface area contributed by atoms with E-state index < -0.39 is 11.6 Å². The number of aromatic nitrogens is 3. The van der Waals surface area contributed by atoms with Gasteiger partial charge in [0.15, 0.2) is 0 Å². The smallest absolute Gasteiger partial charge is 0.144 e. The second-order valence-corrected chi connectivity index (χ2v) is 9.07. The summed E-state index contributed by atoms with van der Waals surface area (Å²) in [6.45, 7) is 10.1. The number of halogens is 2. The Labute approximate surface area is 185 Å². The van der Waals surface area contributed by atoms with Gasteiger partial charge in [-0.15, -0.1) is 0 Å². The van der Waals surface area contributed by atoms with Crippen LogP contribution in [0.2, 0.25) is 0 Å². The van der Waals surface area contributed by atoms with Crippen molar-refractivity contribution in [2.24, 2.45) is 16.8 Å². The normalized spacial score (nSPS) is 20.2. The molecule has 2 N–H and O–H groups in total. The third-order valence-corrected chi connectivity index (χ3v) is 6.22. The molecule has 0 saturated carbocycles. The van der Waals surface area contributed by atoms with Gasteiger partial charge in [-0.2, -0.15) is 5.10 Å². The van der Waals surface area contributed by atoms with Crippen molar-refractivity contribution >= 4 is 23.0 Å². The Morgan fingerprint density at radius 1 is 1.06 bits per heavy atom. The van der Waals surface area contributed by atoms with E-state index in [0.29, 0.717) is 34.6 Å². The monoisotopic (exact) mass is 436 g/mol. The molecule has 32 heavy (non-hydrogen) atoms. The summed E-state index contributed by atoms with van der Waals surface area (Å²) in [5.74, 6) is 0.781. The van der Waals surface area contributed by atoms with Gasteiger partial charge in [0.05, 0.1) is 28.3 Å². The predicted octanol–water partition coefficient (Wildman–Crippen LogP) is 5.35. The van der Waals surface area contributed by atoms with Crippen LogP contribution in [0.3, 0.4) is 0 Å². The van der Waals surface area contributed by atoms with Crippen LogP contribution in [0, 0.1) is 37.3 Å². The molecule has 8 heteroatoms. The number of aliphatic imine (C=N–C) groups is 1. The second-order valence-electron chi connectivity index (χ2n) is 9.07. The van der Waals surface area contributed by atoms with Gasteiger partial charge in [-0.25, -0.2) is 18.8 Å². The number of nitrogens with zero attached hydrogens (tertiary/aromatic N) is 4. The lowest BCUT2D eigenvalue weighted by molar-refractivity contribution is 0.355. The molecule has 2 aromatic heterocycles. The van der Waals surface area contributed by atoms with Crippen molar-refractivity contribution in [1.29, 1.82) is 0 Å². The van der Waals surface area contributed by atoms with E-state index in [-0.39, 0.29) is 11.4 Å². The fraction of sp³-hybridized carbons (Fsp3) is 0.375. The Bertz CT molecular complexity index is 1200. The van der Waals surface area contributed by atoms with Gasteiger partial charge in [0.2, 0.25) is 0 Å². The van der Waals surface area contributed by atoms with Crippen molar-refractivity contribution in [3.05, 3.63) is 52.9 Å². The minimum absolute atomic E-state index is 0.1000. The molecule has 1 saturated heterocycles. The minimum Gasteiger partial charge on any atom is -0.356 e. The number of benzene rings is 1. The molecule has 0 spiro atoms. The van der Waals surface area contributed by atoms with Crippen LogP contribution in [0.5, 0.6) is 0 Å². The van der Waals surface area contributed by atoms with Gasteiger partial charge in [0, 0.05) is 18.7 Å². The summed E-state index contributed by atoms with van der Waals surface area (Å²) in [5.41, 5.74) is 3.91. The number of amidine groups is 1. The zero-order valence-corrected chi connectivity index (χ0v) is 18.6. The maximum Gasteiger partial charge on any atom is 0.144 e. The first kappa shape index (κ1) is 20.6. The van der Waals surface area contributed by atoms with Crippen LogP contribution in [0.15, 0.2) is 29.3 Å². The summed E-state index contributed by atoms with van der Waals surface area (Å²) in [7, 11) is 0. The number of piperidine rings is 1. The SMILES string of the molecule is Cc1nc(N2CC(C)C[C@@H](C)C2)cc2c1N=C(c1c(F)cccc1F)Nc1c-2n[nH]c1C. The van der Waals surface area contributed by atoms with Gasteiger partial charge in [-0.05, 0) is 50.3 Å². The van der Waals surface area contributed by atoms with Crippen LogP contribution in [0.25, 0.3) is 11.3 Å². The first-order chi connectivity index (χ1) is 15.3. The quantitative estimate of drug-likeness (QED) is 0.568. The van der Waals surface area contributed by atoms with E-state index in [0.717, 1.165) is 30.2 Å². The Hall–Kier alpha value is -3.29. The molecule has 0 aliphatic carbocycles. The van der Waals surface area contributed by atoms with Crippen molar-refractivity contribution in [1.82, 2.24) is 15.2 Å². The molecule has 4 heterocycles. The zero-order chi connectivity index (χ0) is 22.6. The van der Waals surface area contributed by atoms with Gasteiger partial charge in [-0.3, -0.25) is 5.10 Å². The first-order valence-electron chi connectivity index (χ1n) is 10.9. The number of aryl methyl sites for hydroxylation is 2. The molecule has 5 rings (SSSR count). The van der Waals surface area contributed by atoms with Crippen molar-refractivity contribution in [2.75, 3.05) is 23.3 Å². The standard InChI is InChI=1S/C24H26F2N6/c1-12-8-13(2)11-32(10-12)19-9-16-21(14(3)27-19)28-24(20-17(25)6-5-7-18(20)26)29-22-15(4)30-31-23(16)22/h5-7,9,12-13H,8,10-11H2,1-4H3,(H,28,29)(H,30,31)/t12-,13?/m1/s1. The summed E-state index contributed by atoms with van der Waals surface area (Å²) in [5, 5.41) is 10.6. The van der Waals surface area contributed by atoms with Crippen LogP contribution in [0.1, 0.15) is 37.2 Å². The lowest BCUT2D eigenvalue weighted by Crippen LogP contribution is -2.39. The molecular formula is C24H26F2N6. The lowest BCUT2D eigenvalue weighted by Gasteiger charge is -2.36. The average molecular weight is 437 g/mol. The highest BCUT2D eigenvalue weighted by molar-refractivity contribution is 6.14. The number of hydrogen-bond donors (Lipinski definition) is 2. The van der Waals surface area contributed by atoms with Crippen LogP contribution in [-0.4, -0.2) is 34.1 Å². The summed E-state index contributed by atoms with van der Waals surface area (Å²) in [4.78, 5) is 11.8. The molecule has 3 aromatic rings. The van der Waals surface area contributed by atoms with Gasteiger partial charge >= 0.3 is 0 Å². The molecule has 0 amide bonds. The topological polar surface area (TPSA) is 69.2 Å². The number of anilines is 2. The number of fused-ring (bicyclic) bond motifs is 3. The fourth-order valence-electron chi connectivity index (χ4n) is 4.86. The molecule has 6 nitrogen and oxygen atoms in total. The lowest BCUT2D eigenvalue weighted by atomic mass is 9.92. The largest absolute Gasteiger partial charge is 0.356 e. The van der Waals surface area contributed by atoms with E-state index in [4.69, 9.17) is 4.98 Å². The molecule has 1 fully saturated rings. The van der Waals surface area contributed by atoms with Crippen molar-refractivity contribution in [3.63, 3.8) is 0 Å². The van der Waals surface area contributed by atoms with Crippen molar-refractivity contribution in [3.8, 4) is 11.3 Å². The van der Waals surface area contributed by atoms with E-state index in [1.807, 2.05) is 19.9 Å². The van der Waals surface area contributed by atoms with E-state index in [1.165, 1.54) is 24.6 Å². The summed E-state index contributed by atoms with van der Waals surface area (Å²) >= 11 is 0. The van der Waals surface area contributed by atoms with Crippen LogP contribution in [-0.2, 0) is 0 Å². The van der Waals surface area contributed by atoms with E-state index in [9.17, 15) is 8.78 Å². The molecule has 166 valence electrons. The fourth-order valence-corrected chi connectivity index (χ4v) is 4.86. The van der Waals surface area contributed by atoms with Crippen LogP contribution >= 0.6 is 0 Å². The first-order valence-corrected chi connectivity index (χ1v) is 10.9. The van der Waals surface area contributed by atoms with E-state index in [2.05, 4.69) is 39.3 Å². The highest BCUT2D eigenvalue weighted by Gasteiger charge is 2.29. The van der Waals surface area contributed by atoms with Crippen LogP contribution < -0.4 is 10.2 Å². The molecule has 1 unspecified atom stereocenters.